The van der Waals surface area contributed by atoms with Gasteiger partial charge < -0.3 is 4.42 Å². The van der Waals surface area contributed by atoms with E-state index in [4.69, 9.17) is 4.42 Å². The second-order valence-electron chi connectivity index (χ2n) is 5.90. The number of aromatic amines is 1. The van der Waals surface area contributed by atoms with Gasteiger partial charge in [-0.05, 0) is 25.5 Å². The number of likely N-dealkylation sites (tertiary alicyclic amines) is 1. The molecule has 1 aliphatic rings. The molecule has 0 spiro atoms. The maximum absolute atomic E-state index is 5.80. The summed E-state index contributed by atoms with van der Waals surface area (Å²) in [6.07, 6.45) is 6.12. The topological polar surface area (TPSA) is 58.0 Å². The van der Waals surface area contributed by atoms with Gasteiger partial charge in [-0.25, -0.2) is 4.98 Å². The van der Waals surface area contributed by atoms with Crippen LogP contribution in [-0.4, -0.2) is 33.2 Å². The van der Waals surface area contributed by atoms with Gasteiger partial charge in [0, 0.05) is 30.3 Å². The minimum absolute atomic E-state index is 0.398. The lowest BCUT2D eigenvalue weighted by Gasteiger charge is -2.31. The van der Waals surface area contributed by atoms with Gasteiger partial charge in [-0.3, -0.25) is 10.00 Å². The molecule has 20 heavy (non-hydrogen) atoms. The lowest BCUT2D eigenvalue weighted by Crippen LogP contribution is -2.34. The van der Waals surface area contributed by atoms with Gasteiger partial charge in [-0.2, -0.15) is 5.10 Å². The molecule has 0 bridgehead atoms. The molecule has 0 amide bonds. The van der Waals surface area contributed by atoms with E-state index in [9.17, 15) is 0 Å². The molecule has 1 unspecified atom stereocenters. The van der Waals surface area contributed by atoms with Gasteiger partial charge in [0.05, 0.1) is 12.7 Å². The van der Waals surface area contributed by atoms with Crippen molar-refractivity contribution in [3.05, 3.63) is 35.8 Å². The maximum Gasteiger partial charge on any atom is 0.208 e. The van der Waals surface area contributed by atoms with Crippen molar-refractivity contribution in [1.82, 2.24) is 20.1 Å². The van der Waals surface area contributed by atoms with Crippen molar-refractivity contribution in [1.29, 1.82) is 0 Å². The van der Waals surface area contributed by atoms with Crippen molar-refractivity contribution in [3.8, 4) is 0 Å². The largest absolute Gasteiger partial charge is 0.444 e. The van der Waals surface area contributed by atoms with Crippen LogP contribution in [0.15, 0.2) is 22.9 Å². The molecular formula is C15H22N4O. The van der Waals surface area contributed by atoms with Gasteiger partial charge in [-0.15, -0.1) is 0 Å². The quantitative estimate of drug-likeness (QED) is 0.931. The SMILES string of the molecule is CC(C)c1cnc(CN2CCCC(c3ccn[nH]3)C2)o1. The molecule has 1 fully saturated rings. The van der Waals surface area contributed by atoms with Crippen molar-refractivity contribution in [3.63, 3.8) is 0 Å². The van der Waals surface area contributed by atoms with Crippen molar-refractivity contribution in [2.75, 3.05) is 13.1 Å². The van der Waals surface area contributed by atoms with E-state index >= 15 is 0 Å². The van der Waals surface area contributed by atoms with E-state index in [0.29, 0.717) is 11.8 Å². The Hall–Kier alpha value is -1.62. The molecule has 1 aliphatic heterocycles. The minimum Gasteiger partial charge on any atom is -0.444 e. The van der Waals surface area contributed by atoms with Gasteiger partial charge in [0.15, 0.2) is 0 Å². The fraction of sp³-hybridized carbons (Fsp3) is 0.600. The van der Waals surface area contributed by atoms with Crippen molar-refractivity contribution < 1.29 is 4.42 Å². The van der Waals surface area contributed by atoms with Crippen LogP contribution in [-0.2, 0) is 6.54 Å². The normalized spacial score (nSPS) is 20.6. The zero-order valence-electron chi connectivity index (χ0n) is 12.2. The molecule has 108 valence electrons. The fourth-order valence-electron chi connectivity index (χ4n) is 2.80. The second kappa shape index (κ2) is 5.79. The first-order valence-electron chi connectivity index (χ1n) is 7.38. The summed E-state index contributed by atoms with van der Waals surface area (Å²) in [6.45, 7) is 7.21. The molecule has 0 radical (unpaired) electrons. The van der Waals surface area contributed by atoms with Crippen LogP contribution in [0.2, 0.25) is 0 Å². The molecule has 5 heteroatoms. The third-order valence-corrected chi connectivity index (χ3v) is 3.97. The highest BCUT2D eigenvalue weighted by Crippen LogP contribution is 2.26. The van der Waals surface area contributed by atoms with Crippen molar-refractivity contribution >= 4 is 0 Å². The average molecular weight is 274 g/mol. The number of aromatic nitrogens is 3. The van der Waals surface area contributed by atoms with Gasteiger partial charge in [0.25, 0.3) is 0 Å². The Morgan fingerprint density at radius 3 is 3.10 bits per heavy atom. The Bertz CT molecular complexity index is 532. The summed E-state index contributed by atoms with van der Waals surface area (Å²) < 4.78 is 5.80. The highest BCUT2D eigenvalue weighted by atomic mass is 16.4. The van der Waals surface area contributed by atoms with Gasteiger partial charge in [0.1, 0.15) is 5.76 Å². The summed E-state index contributed by atoms with van der Waals surface area (Å²) in [4.78, 5) is 6.81. The molecule has 2 aromatic heterocycles. The number of hydrogen-bond acceptors (Lipinski definition) is 4. The van der Waals surface area contributed by atoms with E-state index in [1.165, 1.54) is 18.5 Å². The van der Waals surface area contributed by atoms with Crippen LogP contribution in [0, 0.1) is 0 Å². The third-order valence-electron chi connectivity index (χ3n) is 3.97. The maximum atomic E-state index is 5.80. The highest BCUT2D eigenvalue weighted by molar-refractivity contribution is 5.07. The summed E-state index contributed by atoms with van der Waals surface area (Å²) in [5, 5.41) is 7.15. The predicted octanol–water partition coefficient (Wildman–Crippen LogP) is 2.90. The Kier molecular flexibility index (Phi) is 3.87. The minimum atomic E-state index is 0.398. The Balaban J connectivity index is 1.62. The second-order valence-corrected chi connectivity index (χ2v) is 5.90. The zero-order chi connectivity index (χ0) is 13.9. The fourth-order valence-corrected chi connectivity index (χ4v) is 2.80. The number of rotatable bonds is 4. The van der Waals surface area contributed by atoms with E-state index in [-0.39, 0.29) is 0 Å². The van der Waals surface area contributed by atoms with Gasteiger partial charge in [-0.1, -0.05) is 13.8 Å². The molecule has 2 aromatic rings. The predicted molar refractivity (Wildman–Crippen MR) is 76.4 cm³/mol. The molecule has 1 atom stereocenters. The zero-order valence-corrected chi connectivity index (χ0v) is 12.2. The standard InChI is InChI=1S/C15H22N4O/c1-11(2)14-8-16-15(20-14)10-19-7-3-4-12(9-19)13-5-6-17-18-13/h5-6,8,11-12H,3-4,7,9-10H2,1-2H3,(H,17,18). The van der Waals surface area contributed by atoms with Gasteiger partial charge in [0.2, 0.25) is 5.89 Å². The number of nitrogens with one attached hydrogen (secondary N) is 1. The van der Waals surface area contributed by atoms with Crippen LogP contribution < -0.4 is 0 Å². The number of hydrogen-bond donors (Lipinski definition) is 1. The molecule has 1 saturated heterocycles. The summed E-state index contributed by atoms with van der Waals surface area (Å²) in [6, 6.07) is 2.08. The Morgan fingerprint density at radius 2 is 2.40 bits per heavy atom. The summed E-state index contributed by atoms with van der Waals surface area (Å²) >= 11 is 0. The number of piperidine rings is 1. The van der Waals surface area contributed by atoms with Crippen LogP contribution in [0.4, 0.5) is 0 Å². The van der Waals surface area contributed by atoms with Gasteiger partial charge >= 0.3 is 0 Å². The molecule has 3 rings (SSSR count). The number of oxazole rings is 1. The molecule has 0 aliphatic carbocycles. The molecule has 3 heterocycles. The van der Waals surface area contributed by atoms with Crippen LogP contribution in [0.1, 0.15) is 55.9 Å². The first-order valence-corrected chi connectivity index (χ1v) is 7.38. The Morgan fingerprint density at radius 1 is 1.50 bits per heavy atom. The molecule has 5 nitrogen and oxygen atoms in total. The van der Waals surface area contributed by atoms with E-state index in [0.717, 1.165) is 31.3 Å². The molecular weight excluding hydrogens is 252 g/mol. The van der Waals surface area contributed by atoms with E-state index in [2.05, 4.69) is 40.0 Å². The smallest absolute Gasteiger partial charge is 0.208 e. The Labute approximate surface area is 119 Å². The lowest BCUT2D eigenvalue weighted by atomic mass is 9.95. The van der Waals surface area contributed by atoms with Crippen LogP contribution in [0.3, 0.4) is 0 Å². The van der Waals surface area contributed by atoms with Crippen molar-refractivity contribution in [2.45, 2.75) is 45.1 Å². The van der Waals surface area contributed by atoms with Crippen LogP contribution in [0.25, 0.3) is 0 Å². The van der Waals surface area contributed by atoms with Crippen LogP contribution >= 0.6 is 0 Å². The summed E-state index contributed by atoms with van der Waals surface area (Å²) in [7, 11) is 0. The van der Waals surface area contributed by atoms with Crippen LogP contribution in [0.5, 0.6) is 0 Å². The van der Waals surface area contributed by atoms with E-state index in [1.54, 1.807) is 0 Å². The molecule has 0 aromatic carbocycles. The molecule has 0 saturated carbocycles. The third kappa shape index (κ3) is 2.93. The molecule has 1 N–H and O–H groups in total. The van der Waals surface area contributed by atoms with Crippen molar-refractivity contribution in [2.24, 2.45) is 0 Å². The summed E-state index contributed by atoms with van der Waals surface area (Å²) in [5.41, 5.74) is 1.24. The first kappa shape index (κ1) is 13.4. The highest BCUT2D eigenvalue weighted by Gasteiger charge is 2.23. The number of H-pyrrole nitrogens is 1. The lowest BCUT2D eigenvalue weighted by molar-refractivity contribution is 0.180. The summed E-state index contributed by atoms with van der Waals surface area (Å²) in [5.74, 6) is 2.75. The number of nitrogens with zero attached hydrogens (tertiary/aromatic N) is 3. The monoisotopic (exact) mass is 274 g/mol. The first-order chi connectivity index (χ1) is 9.72. The average Bonchev–Trinajstić information content (AvgIpc) is 3.10. The van der Waals surface area contributed by atoms with E-state index in [1.807, 2.05) is 12.4 Å². The van der Waals surface area contributed by atoms with E-state index < -0.39 is 0 Å².